The Balaban J connectivity index is 1.71. The SMILES string of the molecule is Cc1ccc(C(=O)NC2CCCCC2)c(NCc2cccnc2)n1. The second-order valence-electron chi connectivity index (χ2n) is 6.37. The van der Waals surface area contributed by atoms with Crippen LogP contribution in [0.2, 0.25) is 0 Å². The summed E-state index contributed by atoms with van der Waals surface area (Å²) in [5.41, 5.74) is 2.55. The average Bonchev–Trinajstić information content (AvgIpc) is 2.61. The van der Waals surface area contributed by atoms with Gasteiger partial charge in [0.15, 0.2) is 0 Å². The van der Waals surface area contributed by atoms with Crippen LogP contribution in [0, 0.1) is 6.92 Å². The molecule has 1 aliphatic carbocycles. The first-order valence-corrected chi connectivity index (χ1v) is 8.63. The van der Waals surface area contributed by atoms with Crippen LogP contribution in [0.1, 0.15) is 53.7 Å². The molecule has 0 bridgehead atoms. The van der Waals surface area contributed by atoms with Crippen molar-refractivity contribution in [1.82, 2.24) is 15.3 Å². The van der Waals surface area contributed by atoms with E-state index in [1.165, 1.54) is 19.3 Å². The maximum Gasteiger partial charge on any atom is 0.255 e. The van der Waals surface area contributed by atoms with Crippen LogP contribution in [-0.2, 0) is 6.54 Å². The van der Waals surface area contributed by atoms with Crippen molar-refractivity contribution in [2.75, 3.05) is 5.32 Å². The number of hydrogen-bond donors (Lipinski definition) is 2. The number of nitrogens with zero attached hydrogens (tertiary/aromatic N) is 2. The summed E-state index contributed by atoms with van der Waals surface area (Å²) in [6.45, 7) is 2.52. The molecule has 0 atom stereocenters. The van der Waals surface area contributed by atoms with Crippen LogP contribution in [0.5, 0.6) is 0 Å². The average molecular weight is 324 g/mol. The molecule has 3 rings (SSSR count). The van der Waals surface area contributed by atoms with E-state index < -0.39 is 0 Å². The van der Waals surface area contributed by atoms with Crippen molar-refractivity contribution in [1.29, 1.82) is 0 Å². The lowest BCUT2D eigenvalue weighted by Crippen LogP contribution is -2.36. The number of hydrogen-bond acceptors (Lipinski definition) is 4. The summed E-state index contributed by atoms with van der Waals surface area (Å²) in [6, 6.07) is 7.92. The monoisotopic (exact) mass is 324 g/mol. The van der Waals surface area contributed by atoms with E-state index >= 15 is 0 Å². The first-order chi connectivity index (χ1) is 11.7. The second-order valence-corrected chi connectivity index (χ2v) is 6.37. The summed E-state index contributed by atoms with van der Waals surface area (Å²) >= 11 is 0. The summed E-state index contributed by atoms with van der Waals surface area (Å²) < 4.78 is 0. The van der Waals surface area contributed by atoms with Gasteiger partial charge in [-0.05, 0) is 43.5 Å². The van der Waals surface area contributed by atoms with Crippen molar-refractivity contribution < 1.29 is 4.79 Å². The van der Waals surface area contributed by atoms with Gasteiger partial charge in [-0.25, -0.2) is 4.98 Å². The lowest BCUT2D eigenvalue weighted by atomic mass is 9.95. The number of nitrogens with one attached hydrogen (secondary N) is 2. The number of anilines is 1. The maximum absolute atomic E-state index is 12.7. The smallest absolute Gasteiger partial charge is 0.255 e. The van der Waals surface area contributed by atoms with Crippen LogP contribution in [0.25, 0.3) is 0 Å². The molecule has 2 aromatic rings. The van der Waals surface area contributed by atoms with Gasteiger partial charge in [-0.1, -0.05) is 25.3 Å². The second kappa shape index (κ2) is 7.90. The standard InChI is InChI=1S/C19H24N4O/c1-14-9-10-17(19(24)23-16-7-3-2-4-8-16)18(22-14)21-13-15-6-5-11-20-12-15/h5-6,9-12,16H,2-4,7-8,13H2,1H3,(H,21,22)(H,23,24). The third kappa shape index (κ3) is 4.31. The van der Waals surface area contributed by atoms with Gasteiger partial charge in [-0.2, -0.15) is 0 Å². The van der Waals surface area contributed by atoms with Gasteiger partial charge in [0, 0.05) is 30.7 Å². The quantitative estimate of drug-likeness (QED) is 0.884. The molecular formula is C19H24N4O. The first-order valence-electron chi connectivity index (χ1n) is 8.63. The molecule has 2 heterocycles. The fourth-order valence-electron chi connectivity index (χ4n) is 3.07. The van der Waals surface area contributed by atoms with Gasteiger partial charge in [-0.15, -0.1) is 0 Å². The zero-order valence-electron chi connectivity index (χ0n) is 14.1. The Labute approximate surface area is 142 Å². The van der Waals surface area contributed by atoms with Crippen LogP contribution >= 0.6 is 0 Å². The number of carbonyl (C=O) groups is 1. The topological polar surface area (TPSA) is 66.9 Å². The molecule has 24 heavy (non-hydrogen) atoms. The van der Waals surface area contributed by atoms with Crippen LogP contribution in [0.4, 0.5) is 5.82 Å². The lowest BCUT2D eigenvalue weighted by molar-refractivity contribution is 0.0928. The summed E-state index contributed by atoms with van der Waals surface area (Å²) in [6.07, 6.45) is 9.37. The molecule has 1 aliphatic rings. The normalized spacial score (nSPS) is 15.0. The van der Waals surface area contributed by atoms with Crippen LogP contribution in [0.3, 0.4) is 0 Å². The molecule has 0 radical (unpaired) electrons. The van der Waals surface area contributed by atoms with Gasteiger partial charge in [0.2, 0.25) is 0 Å². The molecule has 0 aromatic carbocycles. The lowest BCUT2D eigenvalue weighted by Gasteiger charge is -2.23. The highest BCUT2D eigenvalue weighted by Crippen LogP contribution is 2.20. The third-order valence-corrected chi connectivity index (χ3v) is 4.40. The predicted molar refractivity (Wildman–Crippen MR) is 94.9 cm³/mol. The number of aryl methyl sites for hydroxylation is 1. The third-order valence-electron chi connectivity index (χ3n) is 4.40. The Hall–Kier alpha value is -2.43. The van der Waals surface area contributed by atoms with Crippen molar-refractivity contribution in [3.63, 3.8) is 0 Å². The summed E-state index contributed by atoms with van der Waals surface area (Å²) in [5.74, 6) is 0.593. The molecule has 126 valence electrons. The van der Waals surface area contributed by atoms with E-state index in [2.05, 4.69) is 20.6 Å². The zero-order valence-corrected chi connectivity index (χ0v) is 14.1. The zero-order chi connectivity index (χ0) is 16.8. The molecule has 5 nitrogen and oxygen atoms in total. The van der Waals surface area contributed by atoms with E-state index in [9.17, 15) is 4.79 Å². The van der Waals surface area contributed by atoms with Gasteiger partial charge < -0.3 is 10.6 Å². The molecule has 2 aromatic heterocycles. The van der Waals surface area contributed by atoms with E-state index in [0.717, 1.165) is 24.1 Å². The van der Waals surface area contributed by atoms with Crippen molar-refractivity contribution in [3.05, 3.63) is 53.5 Å². The summed E-state index contributed by atoms with van der Waals surface area (Å²) in [4.78, 5) is 21.3. The first kappa shape index (κ1) is 16.4. The Bertz CT molecular complexity index is 681. The number of carbonyl (C=O) groups excluding carboxylic acids is 1. The fraction of sp³-hybridized carbons (Fsp3) is 0.421. The highest BCUT2D eigenvalue weighted by Gasteiger charge is 2.19. The summed E-state index contributed by atoms with van der Waals surface area (Å²) in [5, 5.41) is 6.44. The molecule has 5 heteroatoms. The molecule has 0 aliphatic heterocycles. The Kier molecular flexibility index (Phi) is 5.41. The number of pyridine rings is 2. The molecule has 0 unspecified atom stereocenters. The van der Waals surface area contributed by atoms with Crippen molar-refractivity contribution >= 4 is 11.7 Å². The van der Waals surface area contributed by atoms with Gasteiger partial charge in [0.05, 0.1) is 5.56 Å². The Morgan fingerprint density at radius 2 is 2.04 bits per heavy atom. The minimum atomic E-state index is -0.0388. The van der Waals surface area contributed by atoms with E-state index in [1.54, 1.807) is 6.20 Å². The maximum atomic E-state index is 12.7. The van der Waals surface area contributed by atoms with Crippen LogP contribution < -0.4 is 10.6 Å². The molecule has 0 saturated heterocycles. The molecule has 1 fully saturated rings. The largest absolute Gasteiger partial charge is 0.365 e. The number of aromatic nitrogens is 2. The molecule has 1 amide bonds. The van der Waals surface area contributed by atoms with Gasteiger partial charge in [-0.3, -0.25) is 9.78 Å². The molecular weight excluding hydrogens is 300 g/mol. The summed E-state index contributed by atoms with van der Waals surface area (Å²) in [7, 11) is 0. The molecule has 1 saturated carbocycles. The van der Waals surface area contributed by atoms with Crippen LogP contribution in [0.15, 0.2) is 36.7 Å². The Morgan fingerprint density at radius 3 is 2.79 bits per heavy atom. The van der Waals surface area contributed by atoms with Gasteiger partial charge in [0.25, 0.3) is 5.91 Å². The highest BCUT2D eigenvalue weighted by molar-refractivity contribution is 5.98. The van der Waals surface area contributed by atoms with Crippen molar-refractivity contribution in [2.24, 2.45) is 0 Å². The van der Waals surface area contributed by atoms with Crippen molar-refractivity contribution in [2.45, 2.75) is 51.6 Å². The Morgan fingerprint density at radius 1 is 1.21 bits per heavy atom. The minimum Gasteiger partial charge on any atom is -0.365 e. The fourth-order valence-corrected chi connectivity index (χ4v) is 3.07. The molecule has 2 N–H and O–H groups in total. The predicted octanol–water partition coefficient (Wildman–Crippen LogP) is 3.46. The van der Waals surface area contributed by atoms with Crippen molar-refractivity contribution in [3.8, 4) is 0 Å². The van der Waals surface area contributed by atoms with E-state index in [-0.39, 0.29) is 5.91 Å². The molecule has 0 spiro atoms. The van der Waals surface area contributed by atoms with Gasteiger partial charge in [0.1, 0.15) is 5.82 Å². The van der Waals surface area contributed by atoms with Gasteiger partial charge >= 0.3 is 0 Å². The highest BCUT2D eigenvalue weighted by atomic mass is 16.1. The van der Waals surface area contributed by atoms with Crippen LogP contribution in [-0.4, -0.2) is 21.9 Å². The minimum absolute atomic E-state index is 0.0388. The number of rotatable bonds is 5. The van der Waals surface area contributed by atoms with E-state index in [1.807, 2.05) is 37.4 Å². The number of amides is 1. The van der Waals surface area contributed by atoms with E-state index in [0.29, 0.717) is 24.0 Å². The van der Waals surface area contributed by atoms with E-state index in [4.69, 9.17) is 0 Å².